The minimum absolute atomic E-state index is 0.111. The minimum atomic E-state index is -0.480. The molecular weight excluding hydrogens is 412 g/mol. The Morgan fingerprint density at radius 3 is 2.70 bits per heavy atom. The van der Waals surface area contributed by atoms with Crippen molar-refractivity contribution in [3.05, 3.63) is 18.7 Å². The third-order valence-corrected chi connectivity index (χ3v) is 10.9. The van der Waals surface area contributed by atoms with Crippen molar-refractivity contribution in [1.82, 2.24) is 19.7 Å². The van der Waals surface area contributed by atoms with Crippen molar-refractivity contribution in [2.24, 2.45) is 40.4 Å². The molecule has 178 valence electrons. The van der Waals surface area contributed by atoms with Crippen molar-refractivity contribution in [2.45, 2.75) is 90.7 Å². The molecule has 33 heavy (non-hydrogen) atoms. The molecule has 0 spiro atoms. The van der Waals surface area contributed by atoms with Crippen LogP contribution in [0.5, 0.6) is 0 Å². The first kappa shape index (κ1) is 21.7. The molecule has 0 aromatic carbocycles. The molecule has 4 aliphatic rings. The number of Topliss-reactive ketones (excluding diaryl/α,β-unsaturated/α-hetero) is 1. The first-order valence-corrected chi connectivity index (χ1v) is 13.1. The van der Waals surface area contributed by atoms with Crippen LogP contribution in [0.4, 0.5) is 0 Å². The summed E-state index contributed by atoms with van der Waals surface area (Å²) >= 11 is 0. The number of hydrogen-bond acceptors (Lipinski definition) is 5. The molecule has 0 saturated heterocycles. The first-order valence-electron chi connectivity index (χ1n) is 13.1. The van der Waals surface area contributed by atoms with Crippen molar-refractivity contribution in [3.63, 3.8) is 0 Å². The van der Waals surface area contributed by atoms with Gasteiger partial charge in [0.2, 0.25) is 0 Å². The number of carbonyl (C=O) groups excluding carboxylic acids is 1. The number of aromatic nitrogens is 4. The summed E-state index contributed by atoms with van der Waals surface area (Å²) in [6, 6.07) is 0. The molecule has 0 unspecified atom stereocenters. The Morgan fingerprint density at radius 2 is 1.85 bits per heavy atom. The standard InChI is InChI=1S/C27H38N4O2/c1-25(33)10-11-26(2)18(12-25)4-5-19-20-6-7-22(27(20,3)9-8-21(19)26)23(32)15-31-24-17(14-30-31)13-28-16-29-24/h13-14,16,18-22,33H,4-12,15H2,1-3H3/t18-,19+,20+,21+,22-,25-,26+,27+/m1/s1. The summed E-state index contributed by atoms with van der Waals surface area (Å²) in [4.78, 5) is 22.0. The Bertz CT molecular complexity index is 1080. The largest absolute Gasteiger partial charge is 0.390 e. The molecule has 4 saturated carbocycles. The average Bonchev–Trinajstić information content (AvgIpc) is 3.35. The molecule has 6 nitrogen and oxygen atoms in total. The fourth-order valence-electron chi connectivity index (χ4n) is 9.16. The monoisotopic (exact) mass is 450 g/mol. The number of aliphatic hydroxyl groups is 1. The second kappa shape index (κ2) is 7.34. The van der Waals surface area contributed by atoms with Gasteiger partial charge in [-0.2, -0.15) is 5.10 Å². The maximum absolute atomic E-state index is 13.6. The van der Waals surface area contributed by atoms with Crippen LogP contribution < -0.4 is 0 Å². The maximum Gasteiger partial charge on any atom is 0.161 e. The summed E-state index contributed by atoms with van der Waals surface area (Å²) in [5, 5.41) is 16.1. The number of hydrogen-bond donors (Lipinski definition) is 1. The molecular formula is C27H38N4O2. The summed E-state index contributed by atoms with van der Waals surface area (Å²) in [7, 11) is 0. The predicted octanol–water partition coefficient (Wildman–Crippen LogP) is 4.81. The molecule has 2 aromatic heterocycles. The first-order chi connectivity index (χ1) is 15.7. The normalized spacial score (nSPS) is 44.8. The quantitative estimate of drug-likeness (QED) is 0.726. The predicted molar refractivity (Wildman–Crippen MR) is 126 cm³/mol. The fourth-order valence-corrected chi connectivity index (χ4v) is 9.16. The van der Waals surface area contributed by atoms with Crippen LogP contribution in [0.2, 0.25) is 0 Å². The number of ketones is 1. The van der Waals surface area contributed by atoms with E-state index in [1.807, 2.05) is 6.92 Å². The fraction of sp³-hybridized carbons (Fsp3) is 0.778. The van der Waals surface area contributed by atoms with Gasteiger partial charge in [0.15, 0.2) is 11.4 Å². The van der Waals surface area contributed by atoms with Gasteiger partial charge in [0, 0.05) is 12.1 Å². The molecule has 8 atom stereocenters. The van der Waals surface area contributed by atoms with Crippen LogP contribution in [0.1, 0.15) is 78.6 Å². The van der Waals surface area contributed by atoms with E-state index in [1.165, 1.54) is 32.0 Å². The van der Waals surface area contributed by atoms with E-state index in [0.717, 1.165) is 55.0 Å². The lowest BCUT2D eigenvalue weighted by atomic mass is 9.44. The maximum atomic E-state index is 13.6. The van der Waals surface area contributed by atoms with Gasteiger partial charge in [0.25, 0.3) is 0 Å². The van der Waals surface area contributed by atoms with Crippen molar-refractivity contribution < 1.29 is 9.90 Å². The van der Waals surface area contributed by atoms with Crippen LogP contribution in [0.3, 0.4) is 0 Å². The van der Waals surface area contributed by atoms with Gasteiger partial charge in [-0.05, 0) is 99.2 Å². The number of carbonyl (C=O) groups is 1. The molecule has 0 bridgehead atoms. The summed E-state index contributed by atoms with van der Waals surface area (Å²) in [5.74, 6) is 3.26. The molecule has 0 aliphatic heterocycles. The Hall–Kier alpha value is -1.82. The molecule has 1 N–H and O–H groups in total. The molecule has 6 rings (SSSR count). The van der Waals surface area contributed by atoms with E-state index in [2.05, 4.69) is 28.9 Å². The second-order valence-corrected chi connectivity index (χ2v) is 12.6. The summed E-state index contributed by atoms with van der Waals surface area (Å²) < 4.78 is 1.77. The lowest BCUT2D eigenvalue weighted by Gasteiger charge is -2.61. The van der Waals surface area contributed by atoms with Crippen molar-refractivity contribution in [3.8, 4) is 0 Å². The van der Waals surface area contributed by atoms with Gasteiger partial charge >= 0.3 is 0 Å². The van der Waals surface area contributed by atoms with Crippen LogP contribution >= 0.6 is 0 Å². The third-order valence-electron chi connectivity index (χ3n) is 10.9. The molecule has 2 heterocycles. The van der Waals surface area contributed by atoms with Crippen LogP contribution in [-0.2, 0) is 11.3 Å². The van der Waals surface area contributed by atoms with E-state index in [1.54, 1.807) is 17.1 Å². The van der Waals surface area contributed by atoms with Crippen molar-refractivity contribution >= 4 is 16.8 Å². The number of rotatable bonds is 3. The zero-order valence-corrected chi connectivity index (χ0v) is 20.3. The highest BCUT2D eigenvalue weighted by Crippen LogP contribution is 2.68. The zero-order valence-electron chi connectivity index (χ0n) is 20.3. The Balaban J connectivity index is 1.22. The smallest absolute Gasteiger partial charge is 0.161 e. The van der Waals surface area contributed by atoms with Gasteiger partial charge in [-0.1, -0.05) is 13.8 Å². The highest BCUT2D eigenvalue weighted by atomic mass is 16.3. The van der Waals surface area contributed by atoms with Gasteiger partial charge < -0.3 is 5.11 Å². The summed E-state index contributed by atoms with van der Waals surface area (Å²) in [6.07, 6.45) is 15.3. The van der Waals surface area contributed by atoms with E-state index in [4.69, 9.17) is 0 Å². The summed E-state index contributed by atoms with van der Waals surface area (Å²) in [6.45, 7) is 7.32. The van der Waals surface area contributed by atoms with Crippen LogP contribution in [0, 0.1) is 40.4 Å². The van der Waals surface area contributed by atoms with Crippen LogP contribution in [0.25, 0.3) is 11.0 Å². The molecule has 6 heteroatoms. The topological polar surface area (TPSA) is 80.9 Å². The average molecular weight is 451 g/mol. The number of nitrogens with zero attached hydrogens (tertiary/aromatic N) is 4. The Morgan fingerprint density at radius 1 is 1.03 bits per heavy atom. The molecule has 0 amide bonds. The van der Waals surface area contributed by atoms with Gasteiger partial charge in [-0.3, -0.25) is 4.79 Å². The summed E-state index contributed by atoms with van der Waals surface area (Å²) in [5.41, 5.74) is 0.746. The van der Waals surface area contributed by atoms with Crippen LogP contribution in [-0.4, -0.2) is 36.2 Å². The molecule has 2 aromatic rings. The third kappa shape index (κ3) is 3.23. The minimum Gasteiger partial charge on any atom is -0.390 e. The molecule has 4 aliphatic carbocycles. The van der Waals surface area contributed by atoms with Crippen LogP contribution in [0.15, 0.2) is 18.7 Å². The Kier molecular flexibility index (Phi) is 4.82. The van der Waals surface area contributed by atoms with Gasteiger partial charge in [0.1, 0.15) is 12.9 Å². The van der Waals surface area contributed by atoms with Gasteiger partial charge in [0.05, 0.1) is 17.2 Å². The van der Waals surface area contributed by atoms with Crippen molar-refractivity contribution in [2.75, 3.05) is 0 Å². The van der Waals surface area contributed by atoms with Gasteiger partial charge in [-0.25, -0.2) is 14.6 Å². The lowest BCUT2D eigenvalue weighted by molar-refractivity contribution is -0.151. The SMILES string of the molecule is C[C@@]1(O)CC[C@@]2(C)[C@H](CC[C@@H]3[C@@H]2CC[C@]2(C)[C@@H](C(=O)Cn4ncc5cncnc54)CC[C@@H]32)C1. The zero-order chi connectivity index (χ0) is 23.0. The van der Waals surface area contributed by atoms with Gasteiger partial charge in [-0.15, -0.1) is 0 Å². The molecule has 4 fully saturated rings. The van der Waals surface area contributed by atoms with E-state index < -0.39 is 5.60 Å². The highest BCUT2D eigenvalue weighted by molar-refractivity contribution is 5.83. The lowest BCUT2D eigenvalue weighted by Crippen LogP contribution is -2.55. The second-order valence-electron chi connectivity index (χ2n) is 12.6. The van der Waals surface area contributed by atoms with E-state index in [0.29, 0.717) is 29.6 Å². The Labute approximate surface area is 196 Å². The molecule has 0 radical (unpaired) electrons. The van der Waals surface area contributed by atoms with Crippen molar-refractivity contribution in [1.29, 1.82) is 0 Å². The van der Waals surface area contributed by atoms with E-state index >= 15 is 0 Å². The highest BCUT2D eigenvalue weighted by Gasteiger charge is 2.61. The number of fused-ring (bicyclic) bond motifs is 6. The van der Waals surface area contributed by atoms with E-state index in [9.17, 15) is 9.90 Å². The van der Waals surface area contributed by atoms with E-state index in [-0.39, 0.29) is 11.3 Å².